The van der Waals surface area contributed by atoms with E-state index in [1.165, 1.54) is 8.61 Å². The third-order valence-electron chi connectivity index (χ3n) is 5.84. The fraction of sp³-hybridized carbons (Fsp3) is 0.636. The van der Waals surface area contributed by atoms with Gasteiger partial charge in [-0.1, -0.05) is 32.0 Å². The summed E-state index contributed by atoms with van der Waals surface area (Å²) < 4.78 is 34.7. The number of morpholine rings is 1. The van der Waals surface area contributed by atoms with Gasteiger partial charge in [0.1, 0.15) is 6.04 Å². The van der Waals surface area contributed by atoms with Gasteiger partial charge in [0.15, 0.2) is 0 Å². The van der Waals surface area contributed by atoms with Crippen LogP contribution in [-0.4, -0.2) is 91.4 Å². The Bertz CT molecular complexity index is 908. The van der Waals surface area contributed by atoms with E-state index < -0.39 is 22.3 Å². The lowest BCUT2D eigenvalue weighted by Gasteiger charge is -2.41. The maximum atomic E-state index is 13.2. The summed E-state index contributed by atoms with van der Waals surface area (Å²) >= 11 is 0. The van der Waals surface area contributed by atoms with Gasteiger partial charge in [0.05, 0.1) is 12.2 Å². The minimum Gasteiger partial charge on any atom is -0.373 e. The van der Waals surface area contributed by atoms with Crippen molar-refractivity contribution in [3.63, 3.8) is 0 Å². The Morgan fingerprint density at radius 1 is 0.970 bits per heavy atom. The van der Waals surface area contributed by atoms with Crippen LogP contribution in [0.15, 0.2) is 30.3 Å². The number of hydrogen-bond donors (Lipinski definition) is 2. The van der Waals surface area contributed by atoms with E-state index in [4.69, 9.17) is 4.74 Å². The molecule has 0 bridgehead atoms. The number of hydrogen-bond acceptors (Lipinski definition) is 5. The zero-order chi connectivity index (χ0) is 24.2. The first kappa shape index (κ1) is 25.4. The smallest absolute Gasteiger partial charge is 0.319 e. The van der Waals surface area contributed by atoms with Crippen LogP contribution in [0.4, 0.5) is 10.5 Å². The van der Waals surface area contributed by atoms with Gasteiger partial charge in [0.2, 0.25) is 5.91 Å². The summed E-state index contributed by atoms with van der Waals surface area (Å²) in [5.41, 5.74) is 0.635. The zero-order valence-corrected chi connectivity index (χ0v) is 20.5. The van der Waals surface area contributed by atoms with E-state index in [1.807, 2.05) is 45.9 Å². The highest BCUT2D eigenvalue weighted by Gasteiger charge is 2.38. The number of rotatable bonds is 6. The molecule has 11 heteroatoms. The molecule has 1 aromatic carbocycles. The van der Waals surface area contributed by atoms with E-state index in [1.54, 1.807) is 17.0 Å². The van der Waals surface area contributed by atoms with Gasteiger partial charge in [-0.25, -0.2) is 4.79 Å². The van der Waals surface area contributed by atoms with Crippen LogP contribution < -0.4 is 10.6 Å². The Hall–Kier alpha value is -2.21. The molecule has 2 saturated heterocycles. The quantitative estimate of drug-likeness (QED) is 0.637. The fourth-order valence-electron chi connectivity index (χ4n) is 4.16. The van der Waals surface area contributed by atoms with Crippen molar-refractivity contribution in [3.8, 4) is 0 Å². The van der Waals surface area contributed by atoms with Crippen LogP contribution in [0.3, 0.4) is 0 Å². The van der Waals surface area contributed by atoms with Crippen LogP contribution in [-0.2, 0) is 19.7 Å². The maximum Gasteiger partial charge on any atom is 0.319 e. The Labute approximate surface area is 196 Å². The third-order valence-corrected chi connectivity index (χ3v) is 7.81. The van der Waals surface area contributed by atoms with Crippen LogP contribution in [0, 0.1) is 5.92 Å². The number of para-hydroxylation sites is 1. The molecule has 3 amide bonds. The normalized spacial score (nSPS) is 23.8. The van der Waals surface area contributed by atoms with Crippen molar-refractivity contribution in [2.75, 3.05) is 44.6 Å². The molecule has 3 atom stereocenters. The maximum absolute atomic E-state index is 13.2. The number of urea groups is 1. The number of nitrogens with zero attached hydrogens (tertiary/aromatic N) is 3. The molecular formula is C22H35N5O5S. The molecule has 0 aliphatic carbocycles. The molecule has 0 aromatic heterocycles. The molecule has 33 heavy (non-hydrogen) atoms. The lowest BCUT2D eigenvalue weighted by atomic mass is 10.0. The van der Waals surface area contributed by atoms with Crippen LogP contribution >= 0.6 is 0 Å². The van der Waals surface area contributed by atoms with Crippen LogP contribution in [0.25, 0.3) is 0 Å². The second-order valence-corrected chi connectivity index (χ2v) is 10.9. The van der Waals surface area contributed by atoms with Crippen molar-refractivity contribution in [2.45, 2.75) is 45.9 Å². The standard InChI is InChI=1S/C22H35N5O5S/c1-16(2)20(24-22(29)23-19-8-6-5-7-9-19)21(28)25-10-12-26(13-11-25)33(30,31)27-14-17(3)32-18(4)15-27/h5-9,16-18,20H,10-15H2,1-4H3,(H2,23,24,29). The van der Waals surface area contributed by atoms with Crippen molar-refractivity contribution in [1.82, 2.24) is 18.8 Å². The molecule has 0 saturated carbocycles. The second kappa shape index (κ2) is 10.8. The number of benzene rings is 1. The molecular weight excluding hydrogens is 446 g/mol. The lowest BCUT2D eigenvalue weighted by molar-refractivity contribution is -0.135. The second-order valence-electron chi connectivity index (χ2n) is 8.99. The van der Waals surface area contributed by atoms with E-state index in [0.29, 0.717) is 18.8 Å². The number of nitrogens with one attached hydrogen (secondary N) is 2. The molecule has 3 unspecified atom stereocenters. The highest BCUT2D eigenvalue weighted by atomic mass is 32.2. The molecule has 184 valence electrons. The van der Waals surface area contributed by atoms with Gasteiger partial charge in [0.25, 0.3) is 10.2 Å². The Morgan fingerprint density at radius 2 is 1.55 bits per heavy atom. The summed E-state index contributed by atoms with van der Waals surface area (Å²) in [6, 6.07) is 7.84. The Kier molecular flexibility index (Phi) is 8.33. The predicted octanol–water partition coefficient (Wildman–Crippen LogP) is 1.33. The summed E-state index contributed by atoms with van der Waals surface area (Å²) in [4.78, 5) is 27.2. The largest absolute Gasteiger partial charge is 0.373 e. The lowest BCUT2D eigenvalue weighted by Crippen LogP contribution is -2.60. The van der Waals surface area contributed by atoms with Crippen molar-refractivity contribution in [1.29, 1.82) is 0 Å². The van der Waals surface area contributed by atoms with Crippen LogP contribution in [0.5, 0.6) is 0 Å². The molecule has 2 aliphatic rings. The van der Waals surface area contributed by atoms with Gasteiger partial charge in [-0.3, -0.25) is 4.79 Å². The summed E-state index contributed by atoms with van der Waals surface area (Å²) in [6.07, 6.45) is -0.322. The first-order chi connectivity index (χ1) is 15.6. The number of anilines is 1. The minimum absolute atomic E-state index is 0.128. The number of amides is 3. The minimum atomic E-state index is -3.62. The third kappa shape index (κ3) is 6.44. The van der Waals surface area contributed by atoms with E-state index in [9.17, 15) is 18.0 Å². The van der Waals surface area contributed by atoms with Crippen LogP contribution in [0.2, 0.25) is 0 Å². The van der Waals surface area contributed by atoms with Gasteiger partial charge in [-0.15, -0.1) is 0 Å². The topological polar surface area (TPSA) is 111 Å². The van der Waals surface area contributed by atoms with Crippen molar-refractivity contribution >= 4 is 27.8 Å². The van der Waals surface area contributed by atoms with E-state index in [0.717, 1.165) is 0 Å². The molecule has 2 aliphatic heterocycles. The average Bonchev–Trinajstić information content (AvgIpc) is 2.77. The van der Waals surface area contributed by atoms with Crippen molar-refractivity contribution in [3.05, 3.63) is 30.3 Å². The van der Waals surface area contributed by atoms with Crippen molar-refractivity contribution < 1.29 is 22.7 Å². The first-order valence-corrected chi connectivity index (χ1v) is 12.8. The number of piperazine rings is 1. The molecule has 2 heterocycles. The van der Waals surface area contributed by atoms with Crippen LogP contribution in [0.1, 0.15) is 27.7 Å². The summed E-state index contributed by atoms with van der Waals surface area (Å²) in [7, 11) is -3.62. The summed E-state index contributed by atoms with van der Waals surface area (Å²) in [6.45, 7) is 9.09. The van der Waals surface area contributed by atoms with Gasteiger partial charge >= 0.3 is 6.03 Å². The molecule has 2 fully saturated rings. The SMILES string of the molecule is CC1CN(S(=O)(=O)N2CCN(C(=O)C(NC(=O)Nc3ccccc3)C(C)C)CC2)CC(C)O1. The number of carbonyl (C=O) groups is 2. The highest BCUT2D eigenvalue weighted by molar-refractivity contribution is 7.86. The summed E-state index contributed by atoms with van der Waals surface area (Å²) in [5, 5.41) is 5.50. The molecule has 0 spiro atoms. The fourth-order valence-corrected chi connectivity index (χ4v) is 5.91. The zero-order valence-electron chi connectivity index (χ0n) is 19.7. The van der Waals surface area contributed by atoms with Crippen molar-refractivity contribution in [2.24, 2.45) is 5.92 Å². The van der Waals surface area contributed by atoms with E-state index in [2.05, 4.69) is 10.6 Å². The van der Waals surface area contributed by atoms with E-state index >= 15 is 0 Å². The Morgan fingerprint density at radius 3 is 2.09 bits per heavy atom. The first-order valence-electron chi connectivity index (χ1n) is 11.4. The van der Waals surface area contributed by atoms with E-state index in [-0.39, 0.29) is 50.2 Å². The van der Waals surface area contributed by atoms with Gasteiger partial charge in [-0.2, -0.15) is 17.0 Å². The number of carbonyl (C=O) groups excluding carboxylic acids is 2. The van der Waals surface area contributed by atoms with Gasteiger partial charge in [-0.05, 0) is 31.9 Å². The monoisotopic (exact) mass is 481 g/mol. The Balaban J connectivity index is 1.57. The highest BCUT2D eigenvalue weighted by Crippen LogP contribution is 2.19. The van der Waals surface area contributed by atoms with Gasteiger partial charge in [0, 0.05) is 45.0 Å². The van der Waals surface area contributed by atoms with Gasteiger partial charge < -0.3 is 20.3 Å². The molecule has 10 nitrogen and oxygen atoms in total. The summed E-state index contributed by atoms with van der Waals surface area (Å²) in [5.74, 6) is -0.337. The molecule has 0 radical (unpaired) electrons. The average molecular weight is 482 g/mol. The predicted molar refractivity (Wildman–Crippen MR) is 126 cm³/mol. The number of ether oxygens (including phenoxy) is 1. The molecule has 3 rings (SSSR count). The molecule has 2 N–H and O–H groups in total. The molecule has 1 aromatic rings.